The number of rotatable bonds is 1. The van der Waals surface area contributed by atoms with Crippen molar-refractivity contribution in [1.82, 2.24) is 0 Å². The lowest BCUT2D eigenvalue weighted by molar-refractivity contribution is 0.122. The van der Waals surface area contributed by atoms with E-state index in [1.807, 2.05) is 18.2 Å². The smallest absolute Gasteiger partial charge is 0.0642 e. The summed E-state index contributed by atoms with van der Waals surface area (Å²) >= 11 is 5.90. The Morgan fingerprint density at radius 2 is 2.07 bits per heavy atom. The maximum Gasteiger partial charge on any atom is 0.0642 e. The summed E-state index contributed by atoms with van der Waals surface area (Å²) in [6.07, 6.45) is 5.46. The number of ether oxygens (including phenoxy) is 1. The number of hydrogen-bond acceptors (Lipinski definition) is 2. The van der Waals surface area contributed by atoms with Crippen molar-refractivity contribution < 1.29 is 4.74 Å². The van der Waals surface area contributed by atoms with E-state index in [-0.39, 0.29) is 0 Å². The summed E-state index contributed by atoms with van der Waals surface area (Å²) in [5, 5.41) is 0.681. The molecule has 0 saturated carbocycles. The van der Waals surface area contributed by atoms with Gasteiger partial charge in [0.25, 0.3) is 0 Å². The molecule has 0 aromatic heterocycles. The minimum absolute atomic E-state index is 0.681. The van der Waals surface area contributed by atoms with E-state index < -0.39 is 0 Å². The predicted molar refractivity (Wildman–Crippen MR) is 62.4 cm³/mol. The highest BCUT2D eigenvalue weighted by molar-refractivity contribution is 6.30. The van der Waals surface area contributed by atoms with E-state index in [1.165, 1.54) is 0 Å². The first-order valence-corrected chi connectivity index (χ1v) is 5.28. The molecule has 1 aromatic carbocycles. The van der Waals surface area contributed by atoms with E-state index in [4.69, 9.17) is 22.8 Å². The van der Waals surface area contributed by atoms with Crippen molar-refractivity contribution >= 4 is 17.3 Å². The zero-order valence-electron chi connectivity index (χ0n) is 8.37. The Kier molecular flexibility index (Phi) is 3.15. The highest BCUT2D eigenvalue weighted by atomic mass is 35.5. The quantitative estimate of drug-likeness (QED) is 0.674. The predicted octanol–water partition coefficient (Wildman–Crippen LogP) is 2.16. The molecule has 3 heteroatoms. The van der Waals surface area contributed by atoms with E-state index in [9.17, 15) is 0 Å². The summed E-state index contributed by atoms with van der Waals surface area (Å²) < 4.78 is 5.30. The molecule has 15 heavy (non-hydrogen) atoms. The maximum atomic E-state index is 5.90. The lowest BCUT2D eigenvalue weighted by Gasteiger charge is -2.29. The zero-order chi connectivity index (χ0) is 10.7. The summed E-state index contributed by atoms with van der Waals surface area (Å²) in [5.74, 6) is 2.67. The minimum Gasteiger partial charge on any atom is -0.378 e. The van der Waals surface area contributed by atoms with Gasteiger partial charge in [-0.1, -0.05) is 17.5 Å². The highest BCUT2D eigenvalue weighted by Crippen LogP contribution is 2.24. The van der Waals surface area contributed by atoms with Crippen molar-refractivity contribution in [3.05, 3.63) is 28.8 Å². The van der Waals surface area contributed by atoms with Gasteiger partial charge in [-0.25, -0.2) is 0 Å². The number of anilines is 1. The maximum absolute atomic E-state index is 5.90. The SMILES string of the molecule is C#Cc1cc(Cl)ccc1N1CCOCC1. The molecule has 2 rings (SSSR count). The molecule has 2 nitrogen and oxygen atoms in total. The average molecular weight is 222 g/mol. The molecule has 0 bridgehead atoms. The van der Waals surface area contributed by atoms with Crippen LogP contribution in [0.3, 0.4) is 0 Å². The number of terminal acetylenes is 1. The summed E-state index contributed by atoms with van der Waals surface area (Å²) in [5.41, 5.74) is 1.93. The van der Waals surface area contributed by atoms with Crippen molar-refractivity contribution in [3.63, 3.8) is 0 Å². The molecule has 1 saturated heterocycles. The Balaban J connectivity index is 2.30. The van der Waals surface area contributed by atoms with E-state index >= 15 is 0 Å². The van der Waals surface area contributed by atoms with Gasteiger partial charge in [-0.15, -0.1) is 6.42 Å². The van der Waals surface area contributed by atoms with Gasteiger partial charge in [-0.05, 0) is 18.2 Å². The first-order valence-electron chi connectivity index (χ1n) is 4.90. The van der Waals surface area contributed by atoms with Crippen LogP contribution in [0.1, 0.15) is 5.56 Å². The monoisotopic (exact) mass is 221 g/mol. The van der Waals surface area contributed by atoms with E-state index in [0.29, 0.717) is 5.02 Å². The fourth-order valence-corrected chi connectivity index (χ4v) is 1.88. The Hall–Kier alpha value is -1.17. The lowest BCUT2D eigenvalue weighted by Crippen LogP contribution is -2.36. The average Bonchev–Trinajstić information content (AvgIpc) is 2.30. The van der Waals surface area contributed by atoms with Crippen LogP contribution in [0.15, 0.2) is 18.2 Å². The van der Waals surface area contributed by atoms with E-state index in [2.05, 4.69) is 10.8 Å². The van der Waals surface area contributed by atoms with Crippen LogP contribution in [0, 0.1) is 12.3 Å². The molecule has 0 aliphatic carbocycles. The highest BCUT2D eigenvalue weighted by Gasteiger charge is 2.13. The van der Waals surface area contributed by atoms with Crippen LogP contribution in [0.2, 0.25) is 5.02 Å². The second-order valence-corrected chi connectivity index (χ2v) is 3.84. The molecule has 0 amide bonds. The van der Waals surface area contributed by atoms with Gasteiger partial charge in [0.2, 0.25) is 0 Å². The molecular weight excluding hydrogens is 210 g/mol. The summed E-state index contributed by atoms with van der Waals surface area (Å²) in [6.45, 7) is 3.28. The fraction of sp³-hybridized carbons (Fsp3) is 0.333. The zero-order valence-corrected chi connectivity index (χ0v) is 9.13. The topological polar surface area (TPSA) is 12.5 Å². The molecule has 1 aliphatic rings. The molecule has 78 valence electrons. The van der Waals surface area contributed by atoms with Crippen molar-refractivity contribution in [1.29, 1.82) is 0 Å². The van der Waals surface area contributed by atoms with Crippen LogP contribution in [0.5, 0.6) is 0 Å². The van der Waals surface area contributed by atoms with Crippen molar-refractivity contribution in [2.24, 2.45) is 0 Å². The Bertz CT molecular complexity index is 391. The molecule has 1 fully saturated rings. The van der Waals surface area contributed by atoms with Crippen LogP contribution >= 0.6 is 11.6 Å². The number of halogens is 1. The Labute approximate surface area is 94.8 Å². The van der Waals surface area contributed by atoms with Crippen LogP contribution in [-0.2, 0) is 4.74 Å². The molecule has 0 radical (unpaired) electrons. The first-order chi connectivity index (χ1) is 7.31. The number of hydrogen-bond donors (Lipinski definition) is 0. The van der Waals surface area contributed by atoms with Gasteiger partial charge in [0, 0.05) is 23.7 Å². The van der Waals surface area contributed by atoms with Gasteiger partial charge >= 0.3 is 0 Å². The van der Waals surface area contributed by atoms with Crippen molar-refractivity contribution in [3.8, 4) is 12.3 Å². The fourth-order valence-electron chi connectivity index (χ4n) is 1.70. The third-order valence-corrected chi connectivity index (χ3v) is 2.70. The van der Waals surface area contributed by atoms with Gasteiger partial charge in [-0.3, -0.25) is 0 Å². The van der Waals surface area contributed by atoms with Crippen LogP contribution in [0.25, 0.3) is 0 Å². The lowest BCUT2D eigenvalue weighted by atomic mass is 10.1. The molecule has 0 atom stereocenters. The Morgan fingerprint density at radius 3 is 2.73 bits per heavy atom. The third-order valence-electron chi connectivity index (χ3n) is 2.47. The molecule has 1 heterocycles. The van der Waals surface area contributed by atoms with Gasteiger partial charge in [0.15, 0.2) is 0 Å². The number of nitrogens with zero attached hydrogens (tertiary/aromatic N) is 1. The standard InChI is InChI=1S/C12H12ClNO/c1-2-10-9-11(13)3-4-12(10)14-5-7-15-8-6-14/h1,3-4,9H,5-8H2. The minimum atomic E-state index is 0.681. The first kappa shape index (κ1) is 10.4. The second kappa shape index (κ2) is 4.57. The normalized spacial score (nSPS) is 16.1. The van der Waals surface area contributed by atoms with Gasteiger partial charge in [0.05, 0.1) is 18.9 Å². The largest absolute Gasteiger partial charge is 0.378 e. The molecule has 0 N–H and O–H groups in total. The van der Waals surface area contributed by atoms with E-state index in [0.717, 1.165) is 37.6 Å². The third kappa shape index (κ3) is 2.26. The van der Waals surface area contributed by atoms with Crippen molar-refractivity contribution in [2.45, 2.75) is 0 Å². The second-order valence-electron chi connectivity index (χ2n) is 3.41. The van der Waals surface area contributed by atoms with Gasteiger partial charge in [0.1, 0.15) is 0 Å². The molecule has 0 spiro atoms. The van der Waals surface area contributed by atoms with Gasteiger partial charge in [-0.2, -0.15) is 0 Å². The summed E-state index contributed by atoms with van der Waals surface area (Å²) in [7, 11) is 0. The van der Waals surface area contributed by atoms with Gasteiger partial charge < -0.3 is 9.64 Å². The number of benzene rings is 1. The van der Waals surface area contributed by atoms with Crippen LogP contribution in [-0.4, -0.2) is 26.3 Å². The van der Waals surface area contributed by atoms with Crippen molar-refractivity contribution in [2.75, 3.05) is 31.2 Å². The Morgan fingerprint density at radius 1 is 1.33 bits per heavy atom. The van der Waals surface area contributed by atoms with Crippen LogP contribution < -0.4 is 4.90 Å². The summed E-state index contributed by atoms with van der Waals surface area (Å²) in [4.78, 5) is 2.23. The molecule has 1 aliphatic heterocycles. The molecule has 1 aromatic rings. The molecular formula is C12H12ClNO. The number of morpholine rings is 1. The van der Waals surface area contributed by atoms with E-state index in [1.54, 1.807) is 0 Å². The summed E-state index contributed by atoms with van der Waals surface area (Å²) in [6, 6.07) is 5.67. The van der Waals surface area contributed by atoms with Crippen LogP contribution in [0.4, 0.5) is 5.69 Å². The molecule has 0 unspecified atom stereocenters.